The summed E-state index contributed by atoms with van der Waals surface area (Å²) in [5.41, 5.74) is 0. The number of rotatable bonds is 1. The van der Waals surface area contributed by atoms with Crippen LogP contribution in [0.15, 0.2) is 0 Å². The van der Waals surface area contributed by atoms with Crippen molar-refractivity contribution in [3.8, 4) is 0 Å². The lowest BCUT2D eigenvalue weighted by molar-refractivity contribution is 0.458. The molecule has 0 N–H and O–H groups in total. The molecule has 0 spiro atoms. The summed E-state index contributed by atoms with van der Waals surface area (Å²) >= 11 is 0. The van der Waals surface area contributed by atoms with Gasteiger partial charge in [-0.2, -0.15) is 0 Å². The van der Waals surface area contributed by atoms with E-state index in [4.69, 9.17) is 0 Å². The van der Waals surface area contributed by atoms with Gasteiger partial charge < -0.3 is 12.9 Å². The lowest BCUT2D eigenvalue weighted by Gasteiger charge is -2.11. The van der Waals surface area contributed by atoms with E-state index in [-0.39, 0.29) is 11.8 Å². The molecule has 0 nitrogen and oxygen atoms in total. The summed E-state index contributed by atoms with van der Waals surface area (Å²) in [6, 6.07) is 0. The topological polar surface area (TPSA) is 0 Å². The van der Waals surface area contributed by atoms with Crippen LogP contribution >= 0.6 is 0 Å². The maximum Gasteiger partial charge on any atom is 0.481 e. The van der Waals surface area contributed by atoms with Gasteiger partial charge in [-0.1, -0.05) is 31.5 Å². The standard InChI is InChI=1S/C5H9BF3/c1-3-4(2)5(3)6(7,8)9/h3-5H,1-2H3/q-1/t3-,4-/m1/s1. The van der Waals surface area contributed by atoms with Crippen LogP contribution in [-0.4, -0.2) is 6.98 Å². The molecule has 0 aliphatic heterocycles. The quantitative estimate of drug-likeness (QED) is 0.487. The Bertz CT molecular complexity index is 112. The molecule has 1 aliphatic rings. The van der Waals surface area contributed by atoms with E-state index in [0.29, 0.717) is 0 Å². The van der Waals surface area contributed by atoms with Crippen LogP contribution in [0, 0.1) is 11.8 Å². The van der Waals surface area contributed by atoms with Gasteiger partial charge >= 0.3 is 6.98 Å². The van der Waals surface area contributed by atoms with Crippen LogP contribution in [0.4, 0.5) is 12.9 Å². The van der Waals surface area contributed by atoms with Crippen molar-refractivity contribution in [2.24, 2.45) is 11.8 Å². The number of halogens is 3. The third-order valence-corrected chi connectivity index (χ3v) is 2.34. The first-order valence-corrected chi connectivity index (χ1v) is 3.14. The van der Waals surface area contributed by atoms with Crippen molar-refractivity contribution in [3.05, 3.63) is 0 Å². The van der Waals surface area contributed by atoms with E-state index in [0.717, 1.165) is 0 Å². The van der Waals surface area contributed by atoms with Gasteiger partial charge in [-0.05, 0) is 0 Å². The summed E-state index contributed by atoms with van der Waals surface area (Å²) in [6.07, 6.45) is 0. The highest BCUT2D eigenvalue weighted by Gasteiger charge is 2.54. The summed E-state index contributed by atoms with van der Waals surface area (Å²) in [6.45, 7) is -1.22. The Morgan fingerprint density at radius 3 is 1.33 bits per heavy atom. The summed E-state index contributed by atoms with van der Waals surface area (Å²) < 4.78 is 35.4. The van der Waals surface area contributed by atoms with Crippen molar-refractivity contribution >= 4 is 6.98 Å². The lowest BCUT2D eigenvalue weighted by Crippen LogP contribution is -2.16. The van der Waals surface area contributed by atoms with Crippen molar-refractivity contribution in [1.82, 2.24) is 0 Å². The maximum atomic E-state index is 11.8. The largest absolute Gasteiger partial charge is 0.481 e. The molecule has 0 aromatic rings. The lowest BCUT2D eigenvalue weighted by atomic mass is 9.81. The zero-order valence-electron chi connectivity index (χ0n) is 5.44. The zero-order chi connectivity index (χ0) is 7.23. The van der Waals surface area contributed by atoms with E-state index < -0.39 is 12.8 Å². The minimum Gasteiger partial charge on any atom is -0.449 e. The maximum absolute atomic E-state index is 11.8. The molecule has 54 valence electrons. The number of hydrogen-bond donors (Lipinski definition) is 0. The second-order valence-corrected chi connectivity index (χ2v) is 2.92. The monoisotopic (exact) mass is 137 g/mol. The molecule has 0 radical (unpaired) electrons. The molecule has 1 rings (SSSR count). The van der Waals surface area contributed by atoms with E-state index >= 15 is 0 Å². The van der Waals surface area contributed by atoms with Gasteiger partial charge in [0.1, 0.15) is 0 Å². The molecule has 4 heteroatoms. The Kier molecular flexibility index (Phi) is 1.29. The van der Waals surface area contributed by atoms with Crippen LogP contribution in [0.5, 0.6) is 0 Å². The molecule has 0 heterocycles. The molecule has 0 aromatic heterocycles. The van der Waals surface area contributed by atoms with E-state index in [1.54, 1.807) is 13.8 Å². The predicted molar refractivity (Wildman–Crippen MR) is 31.2 cm³/mol. The van der Waals surface area contributed by atoms with Gasteiger partial charge in [-0.25, -0.2) is 0 Å². The highest BCUT2D eigenvalue weighted by molar-refractivity contribution is 6.61. The molecular formula is C5H9BF3-. The molecule has 0 saturated heterocycles. The molecule has 0 unspecified atom stereocenters. The van der Waals surface area contributed by atoms with E-state index in [1.807, 2.05) is 0 Å². The molecule has 1 aliphatic carbocycles. The Morgan fingerprint density at radius 2 is 1.33 bits per heavy atom. The Labute approximate surface area is 52.5 Å². The van der Waals surface area contributed by atoms with E-state index in [1.165, 1.54) is 0 Å². The van der Waals surface area contributed by atoms with Crippen LogP contribution in [-0.2, 0) is 0 Å². The normalized spacial score (nSPS) is 43.0. The van der Waals surface area contributed by atoms with Gasteiger partial charge in [0, 0.05) is 0 Å². The van der Waals surface area contributed by atoms with Crippen LogP contribution in [0.3, 0.4) is 0 Å². The van der Waals surface area contributed by atoms with Crippen LogP contribution in [0.25, 0.3) is 0 Å². The first kappa shape index (κ1) is 6.97. The fraction of sp³-hybridized carbons (Fsp3) is 1.00. The molecule has 9 heavy (non-hydrogen) atoms. The Morgan fingerprint density at radius 1 is 1.00 bits per heavy atom. The molecule has 0 bridgehead atoms. The second-order valence-electron chi connectivity index (χ2n) is 2.92. The van der Waals surface area contributed by atoms with Crippen LogP contribution in [0.2, 0.25) is 5.82 Å². The Hall–Kier alpha value is -0.145. The molecule has 1 fully saturated rings. The zero-order valence-corrected chi connectivity index (χ0v) is 5.44. The summed E-state index contributed by atoms with van der Waals surface area (Å²) in [5, 5.41) is 0. The molecular weight excluding hydrogens is 128 g/mol. The van der Waals surface area contributed by atoms with Crippen molar-refractivity contribution in [2.75, 3.05) is 0 Å². The van der Waals surface area contributed by atoms with Gasteiger partial charge in [-0.15, -0.1) is 0 Å². The van der Waals surface area contributed by atoms with Gasteiger partial charge in [0.2, 0.25) is 0 Å². The highest BCUT2D eigenvalue weighted by Crippen LogP contribution is 2.58. The van der Waals surface area contributed by atoms with Gasteiger partial charge in [0.25, 0.3) is 0 Å². The fourth-order valence-electron chi connectivity index (χ4n) is 1.39. The fourth-order valence-corrected chi connectivity index (χ4v) is 1.39. The van der Waals surface area contributed by atoms with Gasteiger partial charge in [0.15, 0.2) is 0 Å². The molecule has 1 saturated carbocycles. The number of hydrogen-bond acceptors (Lipinski definition) is 0. The first-order chi connectivity index (χ1) is 3.94. The third-order valence-electron chi connectivity index (χ3n) is 2.34. The van der Waals surface area contributed by atoms with Gasteiger partial charge in [0.05, 0.1) is 0 Å². The van der Waals surface area contributed by atoms with Crippen molar-refractivity contribution < 1.29 is 12.9 Å². The average Bonchev–Trinajstić information content (AvgIpc) is 2.11. The van der Waals surface area contributed by atoms with Crippen molar-refractivity contribution in [1.29, 1.82) is 0 Å². The Balaban J connectivity index is 2.50. The van der Waals surface area contributed by atoms with Gasteiger partial charge in [-0.3, -0.25) is 0 Å². The van der Waals surface area contributed by atoms with Crippen LogP contribution in [0.1, 0.15) is 13.8 Å². The molecule has 0 amide bonds. The van der Waals surface area contributed by atoms with Crippen molar-refractivity contribution in [3.63, 3.8) is 0 Å². The third kappa shape index (κ3) is 1.07. The summed E-state index contributed by atoms with van der Waals surface area (Å²) in [4.78, 5) is 0. The minimum absolute atomic E-state index is 0.120. The second kappa shape index (κ2) is 1.67. The van der Waals surface area contributed by atoms with Crippen molar-refractivity contribution in [2.45, 2.75) is 19.7 Å². The van der Waals surface area contributed by atoms with E-state index in [9.17, 15) is 12.9 Å². The smallest absolute Gasteiger partial charge is 0.449 e. The van der Waals surface area contributed by atoms with E-state index in [2.05, 4.69) is 0 Å². The summed E-state index contributed by atoms with van der Waals surface area (Å²) in [7, 11) is 0. The minimum atomic E-state index is -4.53. The molecule has 0 aromatic carbocycles. The predicted octanol–water partition coefficient (Wildman–Crippen LogP) is 2.49. The highest BCUT2D eigenvalue weighted by atomic mass is 19.4. The molecule has 2 atom stereocenters. The SMILES string of the molecule is C[C@H]1C([B-](F)(F)F)[C@@H]1C. The van der Waals surface area contributed by atoms with Crippen LogP contribution < -0.4 is 0 Å². The first-order valence-electron chi connectivity index (χ1n) is 3.14. The summed E-state index contributed by atoms with van der Waals surface area (Å²) in [5.74, 6) is -1.19. The average molecular weight is 137 g/mol.